The van der Waals surface area contributed by atoms with E-state index in [-0.39, 0.29) is 0 Å². The van der Waals surface area contributed by atoms with Crippen molar-refractivity contribution in [3.8, 4) is 5.75 Å². The Morgan fingerprint density at radius 3 is 2.50 bits per heavy atom. The molecule has 1 saturated heterocycles. The lowest BCUT2D eigenvalue weighted by Crippen LogP contribution is -2.35. The summed E-state index contributed by atoms with van der Waals surface area (Å²) in [4.78, 5) is 2.23. The third-order valence-corrected chi connectivity index (χ3v) is 3.34. The van der Waals surface area contributed by atoms with E-state index in [0.717, 1.165) is 37.3 Å². The standard InChI is InChI=1S/C13H20N2O/c1-3-15(4-2)10-5-6-11(13(16)9-10)12-7-8-14-12/h5-6,9,12,14,16H,3-4,7-8H2,1-2H3. The van der Waals surface area contributed by atoms with Crippen LogP contribution < -0.4 is 10.2 Å². The molecule has 0 radical (unpaired) electrons. The van der Waals surface area contributed by atoms with Crippen molar-refractivity contribution >= 4 is 5.69 Å². The number of nitrogens with one attached hydrogen (secondary N) is 1. The first kappa shape index (κ1) is 11.3. The van der Waals surface area contributed by atoms with Crippen molar-refractivity contribution in [3.05, 3.63) is 23.8 Å². The van der Waals surface area contributed by atoms with Crippen LogP contribution in [0.15, 0.2) is 18.2 Å². The molecule has 1 aliphatic rings. The van der Waals surface area contributed by atoms with Crippen LogP contribution in [0.2, 0.25) is 0 Å². The van der Waals surface area contributed by atoms with Crippen molar-refractivity contribution in [2.24, 2.45) is 0 Å². The molecule has 1 unspecified atom stereocenters. The van der Waals surface area contributed by atoms with Crippen molar-refractivity contribution in [1.29, 1.82) is 0 Å². The van der Waals surface area contributed by atoms with Crippen molar-refractivity contribution < 1.29 is 5.11 Å². The third-order valence-electron chi connectivity index (χ3n) is 3.34. The fourth-order valence-corrected chi connectivity index (χ4v) is 2.17. The summed E-state index contributed by atoms with van der Waals surface area (Å²) >= 11 is 0. The zero-order valence-corrected chi connectivity index (χ0v) is 10.0. The fraction of sp³-hybridized carbons (Fsp3) is 0.538. The molecule has 1 aromatic carbocycles. The van der Waals surface area contributed by atoms with Crippen LogP contribution in [0.25, 0.3) is 0 Å². The molecule has 88 valence electrons. The van der Waals surface area contributed by atoms with Crippen LogP contribution in [0.5, 0.6) is 5.75 Å². The van der Waals surface area contributed by atoms with Crippen LogP contribution >= 0.6 is 0 Å². The van der Waals surface area contributed by atoms with Gasteiger partial charge in [-0.2, -0.15) is 0 Å². The molecule has 3 nitrogen and oxygen atoms in total. The van der Waals surface area contributed by atoms with E-state index in [0.29, 0.717) is 11.8 Å². The largest absolute Gasteiger partial charge is 0.508 e. The number of rotatable bonds is 4. The maximum absolute atomic E-state index is 10.0. The van der Waals surface area contributed by atoms with Gasteiger partial charge in [0.2, 0.25) is 0 Å². The highest BCUT2D eigenvalue weighted by atomic mass is 16.3. The lowest BCUT2D eigenvalue weighted by atomic mass is 9.97. The Morgan fingerprint density at radius 1 is 1.38 bits per heavy atom. The van der Waals surface area contributed by atoms with E-state index in [4.69, 9.17) is 0 Å². The second-order valence-electron chi connectivity index (χ2n) is 4.21. The van der Waals surface area contributed by atoms with Gasteiger partial charge in [-0.25, -0.2) is 0 Å². The van der Waals surface area contributed by atoms with E-state index in [2.05, 4.69) is 30.1 Å². The summed E-state index contributed by atoms with van der Waals surface area (Å²) in [6.07, 6.45) is 1.12. The topological polar surface area (TPSA) is 35.5 Å². The monoisotopic (exact) mass is 220 g/mol. The van der Waals surface area contributed by atoms with Crippen LogP contribution in [0.3, 0.4) is 0 Å². The van der Waals surface area contributed by atoms with Crippen molar-refractivity contribution in [3.63, 3.8) is 0 Å². The van der Waals surface area contributed by atoms with Crippen molar-refractivity contribution in [1.82, 2.24) is 5.32 Å². The summed E-state index contributed by atoms with van der Waals surface area (Å²) in [5.74, 6) is 0.418. The average molecular weight is 220 g/mol. The molecule has 1 heterocycles. The molecular formula is C13H20N2O. The summed E-state index contributed by atoms with van der Waals surface area (Å²) in [5, 5.41) is 13.3. The fourth-order valence-electron chi connectivity index (χ4n) is 2.17. The first-order valence-corrected chi connectivity index (χ1v) is 6.07. The molecule has 0 amide bonds. The summed E-state index contributed by atoms with van der Waals surface area (Å²) in [5.41, 5.74) is 2.13. The Kier molecular flexibility index (Phi) is 3.34. The minimum Gasteiger partial charge on any atom is -0.508 e. The van der Waals surface area contributed by atoms with Crippen LogP contribution in [0.4, 0.5) is 5.69 Å². The zero-order chi connectivity index (χ0) is 11.5. The van der Waals surface area contributed by atoms with Gasteiger partial charge >= 0.3 is 0 Å². The molecule has 0 aliphatic carbocycles. The van der Waals surface area contributed by atoms with E-state index in [1.54, 1.807) is 0 Å². The highest BCUT2D eigenvalue weighted by Crippen LogP contribution is 2.33. The maximum atomic E-state index is 10.0. The first-order valence-electron chi connectivity index (χ1n) is 6.07. The molecule has 2 rings (SSSR count). The number of benzene rings is 1. The van der Waals surface area contributed by atoms with Gasteiger partial charge in [0.05, 0.1) is 0 Å². The zero-order valence-electron chi connectivity index (χ0n) is 10.0. The lowest BCUT2D eigenvalue weighted by molar-refractivity contribution is 0.364. The second kappa shape index (κ2) is 4.74. The number of phenols is 1. The van der Waals surface area contributed by atoms with E-state index in [9.17, 15) is 5.11 Å². The number of nitrogens with zero attached hydrogens (tertiary/aromatic N) is 1. The van der Waals surface area contributed by atoms with Gasteiger partial charge in [0, 0.05) is 36.4 Å². The highest BCUT2D eigenvalue weighted by molar-refractivity contribution is 5.54. The van der Waals surface area contributed by atoms with Gasteiger partial charge in [-0.1, -0.05) is 6.07 Å². The summed E-state index contributed by atoms with van der Waals surface area (Å²) in [6, 6.07) is 6.37. The summed E-state index contributed by atoms with van der Waals surface area (Å²) < 4.78 is 0. The normalized spacial score (nSPS) is 19.2. The Balaban J connectivity index is 2.21. The van der Waals surface area contributed by atoms with Gasteiger partial charge in [0.25, 0.3) is 0 Å². The maximum Gasteiger partial charge on any atom is 0.122 e. The molecule has 16 heavy (non-hydrogen) atoms. The van der Waals surface area contributed by atoms with Gasteiger partial charge in [0.1, 0.15) is 5.75 Å². The Hall–Kier alpha value is -1.22. The Bertz CT molecular complexity index is 357. The number of phenolic OH excluding ortho intramolecular Hbond substituents is 1. The van der Waals surface area contributed by atoms with Crippen LogP contribution in [0.1, 0.15) is 31.9 Å². The SMILES string of the molecule is CCN(CC)c1ccc(C2CCN2)c(O)c1. The average Bonchev–Trinajstić information content (AvgIpc) is 2.21. The number of hydrogen-bond donors (Lipinski definition) is 2. The predicted molar refractivity (Wildman–Crippen MR) is 67.0 cm³/mol. The molecular weight excluding hydrogens is 200 g/mol. The Morgan fingerprint density at radius 2 is 2.06 bits per heavy atom. The minimum atomic E-state index is 0.353. The van der Waals surface area contributed by atoms with Gasteiger partial charge in [-0.05, 0) is 32.9 Å². The predicted octanol–water partition coefficient (Wildman–Crippen LogP) is 2.27. The molecule has 3 heteroatoms. The van der Waals surface area contributed by atoms with E-state index >= 15 is 0 Å². The van der Waals surface area contributed by atoms with Crippen LogP contribution in [-0.4, -0.2) is 24.7 Å². The number of hydrogen-bond acceptors (Lipinski definition) is 3. The molecule has 0 bridgehead atoms. The molecule has 1 aromatic rings. The number of anilines is 1. The quantitative estimate of drug-likeness (QED) is 0.817. The van der Waals surface area contributed by atoms with Crippen LogP contribution in [-0.2, 0) is 0 Å². The Labute approximate surface area is 97.1 Å². The second-order valence-corrected chi connectivity index (χ2v) is 4.21. The lowest BCUT2D eigenvalue weighted by Gasteiger charge is -2.29. The number of aromatic hydroxyl groups is 1. The molecule has 0 saturated carbocycles. The summed E-state index contributed by atoms with van der Waals surface area (Å²) in [7, 11) is 0. The smallest absolute Gasteiger partial charge is 0.122 e. The third kappa shape index (κ3) is 2.00. The van der Waals surface area contributed by atoms with E-state index in [1.165, 1.54) is 0 Å². The molecule has 1 aliphatic heterocycles. The molecule has 2 N–H and O–H groups in total. The van der Waals surface area contributed by atoms with E-state index < -0.39 is 0 Å². The molecule has 0 spiro atoms. The first-order chi connectivity index (χ1) is 7.76. The van der Waals surface area contributed by atoms with Gasteiger partial charge < -0.3 is 15.3 Å². The molecule has 1 fully saturated rings. The van der Waals surface area contributed by atoms with Crippen molar-refractivity contribution in [2.75, 3.05) is 24.5 Å². The van der Waals surface area contributed by atoms with Crippen molar-refractivity contribution in [2.45, 2.75) is 26.3 Å². The van der Waals surface area contributed by atoms with Gasteiger partial charge in [-0.15, -0.1) is 0 Å². The molecule has 0 aromatic heterocycles. The van der Waals surface area contributed by atoms with E-state index in [1.807, 2.05) is 12.1 Å². The van der Waals surface area contributed by atoms with Gasteiger partial charge in [0.15, 0.2) is 0 Å². The summed E-state index contributed by atoms with van der Waals surface area (Å²) in [6.45, 7) is 7.25. The van der Waals surface area contributed by atoms with Crippen LogP contribution in [0, 0.1) is 0 Å². The highest BCUT2D eigenvalue weighted by Gasteiger charge is 2.21. The molecule has 1 atom stereocenters. The van der Waals surface area contributed by atoms with Gasteiger partial charge in [-0.3, -0.25) is 0 Å². The minimum absolute atomic E-state index is 0.353.